The van der Waals surface area contributed by atoms with Crippen molar-refractivity contribution in [1.29, 1.82) is 0 Å². The summed E-state index contributed by atoms with van der Waals surface area (Å²) in [5.74, 6) is -0.296. The number of benzene rings is 2. The lowest BCUT2D eigenvalue weighted by Crippen LogP contribution is -2.31. The van der Waals surface area contributed by atoms with Gasteiger partial charge in [0.15, 0.2) is 0 Å². The average molecular weight is 267 g/mol. The molecule has 1 aliphatic heterocycles. The van der Waals surface area contributed by atoms with Gasteiger partial charge in [0, 0.05) is 17.8 Å². The quantitative estimate of drug-likeness (QED) is 0.855. The molecule has 0 spiro atoms. The van der Waals surface area contributed by atoms with E-state index in [1.54, 1.807) is 0 Å². The molecule has 0 saturated heterocycles. The molecule has 2 atom stereocenters. The molecule has 102 valence electrons. The van der Waals surface area contributed by atoms with Crippen molar-refractivity contribution in [3.63, 3.8) is 0 Å². The maximum absolute atomic E-state index is 11.1. The van der Waals surface area contributed by atoms with Crippen LogP contribution in [0.3, 0.4) is 0 Å². The number of ether oxygens (including phenoxy) is 1. The van der Waals surface area contributed by atoms with Crippen molar-refractivity contribution >= 4 is 5.97 Å². The third kappa shape index (κ3) is 2.39. The molecular formula is C17H15O3-. The number of para-hydroxylation sites is 1. The Morgan fingerprint density at radius 1 is 1.10 bits per heavy atom. The summed E-state index contributed by atoms with van der Waals surface area (Å²) >= 11 is 0. The number of hydrogen-bond acceptors (Lipinski definition) is 3. The average Bonchev–Trinajstić information content (AvgIpc) is 2.48. The minimum atomic E-state index is -1.02. The van der Waals surface area contributed by atoms with E-state index >= 15 is 0 Å². The minimum Gasteiger partial charge on any atom is -0.550 e. The van der Waals surface area contributed by atoms with Crippen molar-refractivity contribution in [1.82, 2.24) is 0 Å². The molecule has 0 bridgehead atoms. The van der Waals surface area contributed by atoms with Gasteiger partial charge in [-0.25, -0.2) is 0 Å². The van der Waals surface area contributed by atoms with Crippen molar-refractivity contribution in [2.24, 2.45) is 0 Å². The highest BCUT2D eigenvalue weighted by Crippen LogP contribution is 2.43. The van der Waals surface area contributed by atoms with Crippen LogP contribution in [0.15, 0.2) is 54.6 Å². The van der Waals surface area contributed by atoms with Gasteiger partial charge in [-0.1, -0.05) is 48.5 Å². The number of carbonyl (C=O) groups is 1. The first-order chi connectivity index (χ1) is 9.75. The highest BCUT2D eigenvalue weighted by atomic mass is 16.5. The van der Waals surface area contributed by atoms with E-state index < -0.39 is 5.97 Å². The third-order valence-electron chi connectivity index (χ3n) is 3.84. The van der Waals surface area contributed by atoms with Crippen molar-refractivity contribution in [2.75, 3.05) is 6.61 Å². The van der Waals surface area contributed by atoms with Gasteiger partial charge in [0.1, 0.15) is 5.75 Å². The Bertz CT molecular complexity index is 607. The molecule has 0 aliphatic carbocycles. The first kappa shape index (κ1) is 12.7. The highest BCUT2D eigenvalue weighted by molar-refractivity contribution is 5.66. The van der Waals surface area contributed by atoms with E-state index in [4.69, 9.17) is 4.74 Å². The minimum absolute atomic E-state index is 0.0138. The number of aliphatic carboxylic acids is 1. The zero-order valence-electron chi connectivity index (χ0n) is 11.0. The molecule has 3 rings (SSSR count). The fraction of sp³-hybridized carbons (Fsp3) is 0.235. The van der Waals surface area contributed by atoms with Crippen LogP contribution in [0.1, 0.15) is 29.4 Å². The molecule has 2 aromatic carbocycles. The van der Waals surface area contributed by atoms with Gasteiger partial charge in [-0.15, -0.1) is 0 Å². The van der Waals surface area contributed by atoms with Crippen LogP contribution in [0.4, 0.5) is 0 Å². The van der Waals surface area contributed by atoms with Crippen LogP contribution >= 0.6 is 0 Å². The smallest absolute Gasteiger partial charge is 0.122 e. The Labute approximate surface area is 117 Å². The van der Waals surface area contributed by atoms with Gasteiger partial charge in [0.2, 0.25) is 0 Å². The number of carboxylic acids is 1. The SMILES string of the molecule is O=C([O-])C[C@@H]1c2ccccc2OC[C@@H]1c1ccccc1. The summed E-state index contributed by atoms with van der Waals surface area (Å²) in [4.78, 5) is 11.1. The molecule has 1 heterocycles. The second-order valence-corrected chi connectivity index (χ2v) is 5.05. The maximum atomic E-state index is 11.1. The molecule has 0 unspecified atom stereocenters. The number of rotatable bonds is 3. The first-order valence-electron chi connectivity index (χ1n) is 6.72. The Kier molecular flexibility index (Phi) is 3.42. The Balaban J connectivity index is 2.01. The number of hydrogen-bond donors (Lipinski definition) is 0. The van der Waals surface area contributed by atoms with Crippen molar-refractivity contribution in [3.05, 3.63) is 65.7 Å². The van der Waals surface area contributed by atoms with E-state index in [9.17, 15) is 9.90 Å². The molecule has 3 nitrogen and oxygen atoms in total. The van der Waals surface area contributed by atoms with E-state index in [0.717, 1.165) is 16.9 Å². The summed E-state index contributed by atoms with van der Waals surface area (Å²) < 4.78 is 5.79. The summed E-state index contributed by atoms with van der Waals surface area (Å²) in [5.41, 5.74) is 2.06. The predicted octanol–water partition coefficient (Wildman–Crippen LogP) is 2.09. The highest BCUT2D eigenvalue weighted by Gasteiger charge is 2.31. The molecule has 0 radical (unpaired) electrons. The van der Waals surface area contributed by atoms with Crippen LogP contribution in [0, 0.1) is 0 Å². The molecule has 0 N–H and O–H groups in total. The van der Waals surface area contributed by atoms with Crippen LogP contribution in [-0.4, -0.2) is 12.6 Å². The van der Waals surface area contributed by atoms with E-state index in [1.165, 1.54) is 0 Å². The zero-order valence-corrected chi connectivity index (χ0v) is 11.0. The molecule has 0 aromatic heterocycles. The normalized spacial score (nSPS) is 20.8. The summed E-state index contributed by atoms with van der Waals surface area (Å²) in [7, 11) is 0. The second-order valence-electron chi connectivity index (χ2n) is 5.05. The van der Waals surface area contributed by atoms with Crippen LogP contribution in [0.5, 0.6) is 5.75 Å². The Morgan fingerprint density at radius 2 is 1.80 bits per heavy atom. The molecule has 0 saturated carbocycles. The predicted molar refractivity (Wildman–Crippen MR) is 73.5 cm³/mol. The van der Waals surface area contributed by atoms with Crippen LogP contribution < -0.4 is 9.84 Å². The van der Waals surface area contributed by atoms with E-state index in [-0.39, 0.29) is 18.3 Å². The van der Waals surface area contributed by atoms with Gasteiger partial charge >= 0.3 is 0 Å². The van der Waals surface area contributed by atoms with Crippen molar-refractivity contribution in [3.8, 4) is 5.75 Å². The molecular weight excluding hydrogens is 252 g/mol. The summed E-state index contributed by atoms with van der Waals surface area (Å²) in [6.07, 6.45) is 0.0138. The van der Waals surface area contributed by atoms with Gasteiger partial charge in [-0.2, -0.15) is 0 Å². The van der Waals surface area contributed by atoms with Crippen LogP contribution in [0.25, 0.3) is 0 Å². The molecule has 20 heavy (non-hydrogen) atoms. The summed E-state index contributed by atoms with van der Waals surface area (Å²) in [5, 5.41) is 11.1. The molecule has 0 amide bonds. The molecule has 3 heteroatoms. The summed E-state index contributed by atoms with van der Waals surface area (Å²) in [6, 6.07) is 17.6. The maximum Gasteiger partial charge on any atom is 0.122 e. The van der Waals surface area contributed by atoms with Crippen molar-refractivity contribution in [2.45, 2.75) is 18.3 Å². The van der Waals surface area contributed by atoms with Gasteiger partial charge in [0.25, 0.3) is 0 Å². The van der Waals surface area contributed by atoms with E-state index in [1.807, 2.05) is 54.6 Å². The van der Waals surface area contributed by atoms with E-state index in [2.05, 4.69) is 0 Å². The fourth-order valence-electron chi connectivity index (χ4n) is 2.89. The number of carbonyl (C=O) groups excluding carboxylic acids is 1. The Hall–Kier alpha value is -2.29. The lowest BCUT2D eigenvalue weighted by Gasteiger charge is -2.34. The lowest BCUT2D eigenvalue weighted by atomic mass is 9.78. The second kappa shape index (κ2) is 5.37. The number of fused-ring (bicyclic) bond motifs is 1. The lowest BCUT2D eigenvalue weighted by molar-refractivity contribution is -0.306. The topological polar surface area (TPSA) is 49.4 Å². The van der Waals surface area contributed by atoms with E-state index in [0.29, 0.717) is 6.61 Å². The van der Waals surface area contributed by atoms with Gasteiger partial charge < -0.3 is 14.6 Å². The van der Waals surface area contributed by atoms with Crippen molar-refractivity contribution < 1.29 is 14.6 Å². The number of carboxylic acid groups (broad SMARTS) is 1. The van der Waals surface area contributed by atoms with Gasteiger partial charge in [-0.3, -0.25) is 0 Å². The van der Waals surface area contributed by atoms with Gasteiger partial charge in [-0.05, 0) is 23.6 Å². The molecule has 2 aromatic rings. The fourth-order valence-corrected chi connectivity index (χ4v) is 2.89. The first-order valence-corrected chi connectivity index (χ1v) is 6.72. The monoisotopic (exact) mass is 267 g/mol. The van der Waals surface area contributed by atoms with Crippen LogP contribution in [0.2, 0.25) is 0 Å². The molecule has 1 aliphatic rings. The zero-order chi connectivity index (χ0) is 13.9. The standard InChI is InChI=1S/C17H16O3/c18-17(19)10-14-13-8-4-5-9-16(13)20-11-15(14)12-6-2-1-3-7-12/h1-9,14-15H,10-11H2,(H,18,19)/p-1/t14-,15-/m1/s1. The Morgan fingerprint density at radius 3 is 2.55 bits per heavy atom. The largest absolute Gasteiger partial charge is 0.550 e. The van der Waals surface area contributed by atoms with Gasteiger partial charge in [0.05, 0.1) is 6.61 Å². The third-order valence-corrected chi connectivity index (χ3v) is 3.84. The molecule has 0 fully saturated rings. The summed E-state index contributed by atoms with van der Waals surface area (Å²) in [6.45, 7) is 0.499. The van der Waals surface area contributed by atoms with Crippen LogP contribution in [-0.2, 0) is 4.79 Å².